The second-order valence-corrected chi connectivity index (χ2v) is 8.95. The Morgan fingerprint density at radius 3 is 2.23 bits per heavy atom. The molecule has 0 aromatic heterocycles. The standard InChI is InChI=1S/C18H27N3O3S.ClH/c1-13-3-5-17(6-4-13)25(23,24)20-14(2)18(22)21-9-7-15-11-19-12-16(15)8-10-21;/h3-6,14-16,19-20H,7-12H2,1-2H3;1H/t14?,15-,16+;. The smallest absolute Gasteiger partial charge is 0.241 e. The first-order chi connectivity index (χ1) is 11.9. The zero-order valence-corrected chi connectivity index (χ0v) is 16.9. The molecule has 2 heterocycles. The summed E-state index contributed by atoms with van der Waals surface area (Å²) in [5, 5.41) is 3.42. The van der Waals surface area contributed by atoms with Gasteiger partial charge in [-0.25, -0.2) is 8.42 Å². The minimum atomic E-state index is -3.69. The highest BCUT2D eigenvalue weighted by Crippen LogP contribution is 2.27. The largest absolute Gasteiger partial charge is 0.341 e. The van der Waals surface area contributed by atoms with Crippen LogP contribution in [0.5, 0.6) is 0 Å². The summed E-state index contributed by atoms with van der Waals surface area (Å²) in [4.78, 5) is 14.7. The third-order valence-electron chi connectivity index (χ3n) is 5.36. The van der Waals surface area contributed by atoms with Crippen LogP contribution in [0.1, 0.15) is 25.3 Å². The Morgan fingerprint density at radius 1 is 1.15 bits per heavy atom. The number of amides is 1. The van der Waals surface area contributed by atoms with E-state index in [0.717, 1.165) is 31.5 Å². The van der Waals surface area contributed by atoms with Crippen molar-refractivity contribution >= 4 is 28.3 Å². The molecule has 1 aromatic carbocycles. The molecule has 8 heteroatoms. The summed E-state index contributed by atoms with van der Waals surface area (Å²) in [7, 11) is -3.69. The number of likely N-dealkylation sites (tertiary alicyclic amines) is 1. The number of nitrogens with zero attached hydrogens (tertiary/aromatic N) is 1. The van der Waals surface area contributed by atoms with Gasteiger partial charge in [-0.15, -0.1) is 12.4 Å². The van der Waals surface area contributed by atoms with E-state index in [1.54, 1.807) is 31.2 Å². The van der Waals surface area contributed by atoms with Gasteiger partial charge in [-0.2, -0.15) is 4.72 Å². The average molecular weight is 402 g/mol. The minimum absolute atomic E-state index is 0. The Morgan fingerprint density at radius 2 is 1.69 bits per heavy atom. The van der Waals surface area contributed by atoms with Gasteiger partial charge in [-0.05, 0) is 63.7 Å². The maximum Gasteiger partial charge on any atom is 0.241 e. The van der Waals surface area contributed by atoms with Gasteiger partial charge in [0.2, 0.25) is 15.9 Å². The van der Waals surface area contributed by atoms with Crippen LogP contribution in [0.25, 0.3) is 0 Å². The van der Waals surface area contributed by atoms with Crippen molar-refractivity contribution in [3.63, 3.8) is 0 Å². The quantitative estimate of drug-likeness (QED) is 0.802. The predicted molar refractivity (Wildman–Crippen MR) is 104 cm³/mol. The van der Waals surface area contributed by atoms with E-state index in [4.69, 9.17) is 0 Å². The molecule has 2 fully saturated rings. The lowest BCUT2D eigenvalue weighted by Gasteiger charge is -2.25. The summed E-state index contributed by atoms with van der Waals surface area (Å²) in [6.45, 7) is 7.00. The maximum absolute atomic E-state index is 12.7. The van der Waals surface area contributed by atoms with Gasteiger partial charge in [0.15, 0.2) is 0 Å². The Labute approximate surface area is 162 Å². The Hall–Kier alpha value is -1.15. The zero-order chi connectivity index (χ0) is 18.0. The van der Waals surface area contributed by atoms with E-state index >= 15 is 0 Å². The summed E-state index contributed by atoms with van der Waals surface area (Å²) >= 11 is 0. The first kappa shape index (κ1) is 21.2. The van der Waals surface area contributed by atoms with Crippen LogP contribution >= 0.6 is 12.4 Å². The molecular weight excluding hydrogens is 374 g/mol. The number of rotatable bonds is 4. The molecule has 0 spiro atoms. The molecule has 1 unspecified atom stereocenters. The van der Waals surface area contributed by atoms with E-state index in [9.17, 15) is 13.2 Å². The van der Waals surface area contributed by atoms with Gasteiger partial charge >= 0.3 is 0 Å². The molecule has 1 amide bonds. The first-order valence-electron chi connectivity index (χ1n) is 8.95. The number of fused-ring (bicyclic) bond motifs is 1. The van der Waals surface area contributed by atoms with Crippen molar-refractivity contribution in [1.29, 1.82) is 0 Å². The van der Waals surface area contributed by atoms with Crippen molar-refractivity contribution in [3.05, 3.63) is 29.8 Å². The molecule has 146 valence electrons. The van der Waals surface area contributed by atoms with Crippen LogP contribution in [0.2, 0.25) is 0 Å². The van der Waals surface area contributed by atoms with Crippen molar-refractivity contribution in [2.45, 2.75) is 37.6 Å². The summed E-state index contributed by atoms with van der Waals surface area (Å²) in [5.74, 6) is 1.14. The van der Waals surface area contributed by atoms with Crippen molar-refractivity contribution in [3.8, 4) is 0 Å². The van der Waals surface area contributed by atoms with E-state index in [0.29, 0.717) is 24.9 Å². The fourth-order valence-corrected chi connectivity index (χ4v) is 4.98. The van der Waals surface area contributed by atoms with E-state index < -0.39 is 16.1 Å². The Balaban J connectivity index is 0.00000243. The molecule has 3 atom stereocenters. The van der Waals surface area contributed by atoms with E-state index in [2.05, 4.69) is 10.0 Å². The normalized spacial score (nSPS) is 24.3. The van der Waals surface area contributed by atoms with E-state index in [-0.39, 0.29) is 23.2 Å². The zero-order valence-electron chi connectivity index (χ0n) is 15.3. The topological polar surface area (TPSA) is 78.5 Å². The lowest BCUT2D eigenvalue weighted by molar-refractivity contribution is -0.132. The SMILES string of the molecule is Cc1ccc(S(=O)(=O)NC(C)C(=O)N2CC[C@@H]3CNC[C@@H]3CC2)cc1.Cl. The van der Waals surface area contributed by atoms with Crippen molar-refractivity contribution in [2.75, 3.05) is 26.2 Å². The van der Waals surface area contributed by atoms with Gasteiger partial charge in [0.05, 0.1) is 10.9 Å². The third-order valence-corrected chi connectivity index (χ3v) is 6.92. The molecule has 0 bridgehead atoms. The van der Waals surface area contributed by atoms with Gasteiger partial charge in [0.25, 0.3) is 0 Å². The molecule has 3 rings (SSSR count). The number of sulfonamides is 1. The number of benzene rings is 1. The summed E-state index contributed by atoms with van der Waals surface area (Å²) < 4.78 is 27.5. The van der Waals surface area contributed by atoms with Crippen LogP contribution in [0.15, 0.2) is 29.2 Å². The molecule has 2 N–H and O–H groups in total. The van der Waals surface area contributed by atoms with Crippen LogP contribution < -0.4 is 10.0 Å². The van der Waals surface area contributed by atoms with Crippen LogP contribution in [0.4, 0.5) is 0 Å². The van der Waals surface area contributed by atoms with Gasteiger partial charge in [0, 0.05) is 13.1 Å². The number of carbonyl (C=O) groups is 1. The lowest BCUT2D eigenvalue weighted by atomic mass is 9.92. The average Bonchev–Trinajstić information content (AvgIpc) is 2.93. The predicted octanol–water partition coefficient (Wildman–Crippen LogP) is 1.54. The number of hydrogen-bond donors (Lipinski definition) is 2. The highest BCUT2D eigenvalue weighted by atomic mass is 35.5. The molecular formula is C18H28ClN3O3S. The molecule has 0 saturated carbocycles. The van der Waals surface area contributed by atoms with Crippen molar-refractivity contribution < 1.29 is 13.2 Å². The number of aryl methyl sites for hydroxylation is 1. The molecule has 2 aliphatic heterocycles. The fourth-order valence-electron chi connectivity index (χ4n) is 3.78. The van der Waals surface area contributed by atoms with E-state index in [1.165, 1.54) is 0 Å². The van der Waals surface area contributed by atoms with Crippen molar-refractivity contribution in [2.24, 2.45) is 11.8 Å². The third kappa shape index (κ3) is 4.76. The molecule has 0 aliphatic carbocycles. The lowest BCUT2D eigenvalue weighted by Crippen LogP contribution is -2.47. The minimum Gasteiger partial charge on any atom is -0.341 e. The summed E-state index contributed by atoms with van der Waals surface area (Å²) in [5.41, 5.74) is 0.993. The number of carbonyl (C=O) groups excluding carboxylic acids is 1. The van der Waals surface area contributed by atoms with Gasteiger partial charge in [0.1, 0.15) is 0 Å². The summed E-state index contributed by atoms with van der Waals surface area (Å²) in [6.07, 6.45) is 1.97. The van der Waals surface area contributed by atoms with Crippen LogP contribution in [-0.4, -0.2) is 51.4 Å². The maximum atomic E-state index is 12.7. The fraction of sp³-hybridized carbons (Fsp3) is 0.611. The molecule has 6 nitrogen and oxygen atoms in total. The first-order valence-corrected chi connectivity index (χ1v) is 10.4. The van der Waals surface area contributed by atoms with Crippen LogP contribution in [-0.2, 0) is 14.8 Å². The van der Waals surface area contributed by atoms with Crippen LogP contribution in [0, 0.1) is 18.8 Å². The second kappa shape index (κ2) is 8.69. The molecule has 2 saturated heterocycles. The van der Waals surface area contributed by atoms with Crippen LogP contribution in [0.3, 0.4) is 0 Å². The molecule has 1 aromatic rings. The Bertz CT molecular complexity index is 710. The Kier molecular flexibility index (Phi) is 7.07. The van der Waals surface area contributed by atoms with E-state index in [1.807, 2.05) is 11.8 Å². The number of nitrogens with one attached hydrogen (secondary N) is 2. The number of halogens is 1. The molecule has 2 aliphatic rings. The number of hydrogen-bond acceptors (Lipinski definition) is 4. The molecule has 26 heavy (non-hydrogen) atoms. The van der Waals surface area contributed by atoms with Gasteiger partial charge in [-0.1, -0.05) is 17.7 Å². The summed E-state index contributed by atoms with van der Waals surface area (Å²) in [6, 6.07) is 5.87. The highest BCUT2D eigenvalue weighted by molar-refractivity contribution is 7.89. The van der Waals surface area contributed by atoms with Crippen molar-refractivity contribution in [1.82, 2.24) is 14.9 Å². The second-order valence-electron chi connectivity index (χ2n) is 7.24. The van der Waals surface area contributed by atoms with Gasteiger partial charge in [-0.3, -0.25) is 4.79 Å². The molecule has 0 radical (unpaired) electrons. The van der Waals surface area contributed by atoms with Gasteiger partial charge < -0.3 is 10.2 Å². The highest BCUT2D eigenvalue weighted by Gasteiger charge is 2.33. The monoisotopic (exact) mass is 401 g/mol.